The SMILES string of the molecule is Cn1ccnc1CNC(=O)c1ccc(NN)cn1. The Labute approximate surface area is 104 Å². The molecule has 0 unspecified atom stereocenters. The lowest BCUT2D eigenvalue weighted by Gasteiger charge is -2.05. The minimum atomic E-state index is -0.249. The molecule has 0 bridgehead atoms. The Morgan fingerprint density at radius 1 is 1.44 bits per heavy atom. The van der Waals surface area contributed by atoms with Gasteiger partial charge in [-0.1, -0.05) is 0 Å². The van der Waals surface area contributed by atoms with Crippen LogP contribution in [-0.4, -0.2) is 20.4 Å². The Balaban J connectivity index is 1.97. The highest BCUT2D eigenvalue weighted by atomic mass is 16.1. The van der Waals surface area contributed by atoms with Crippen LogP contribution in [0, 0.1) is 0 Å². The van der Waals surface area contributed by atoms with E-state index in [-0.39, 0.29) is 5.91 Å². The Morgan fingerprint density at radius 2 is 2.28 bits per heavy atom. The standard InChI is InChI=1S/C11H14N6O/c1-17-5-4-13-10(17)7-15-11(18)9-3-2-8(16-12)6-14-9/h2-6,16H,7,12H2,1H3,(H,15,18). The van der Waals surface area contributed by atoms with Gasteiger partial charge < -0.3 is 15.3 Å². The molecule has 7 nitrogen and oxygen atoms in total. The lowest BCUT2D eigenvalue weighted by atomic mass is 10.3. The molecule has 0 aromatic carbocycles. The van der Waals surface area contributed by atoms with Gasteiger partial charge in [-0.15, -0.1) is 0 Å². The molecule has 0 spiro atoms. The number of amides is 1. The number of nitrogens with zero attached hydrogens (tertiary/aromatic N) is 3. The number of nitrogen functional groups attached to an aromatic ring is 1. The smallest absolute Gasteiger partial charge is 0.270 e. The number of rotatable bonds is 4. The van der Waals surface area contributed by atoms with Crippen molar-refractivity contribution < 1.29 is 4.79 Å². The minimum Gasteiger partial charge on any atom is -0.343 e. The summed E-state index contributed by atoms with van der Waals surface area (Å²) in [5.41, 5.74) is 3.43. The number of imidazole rings is 1. The molecule has 2 aromatic rings. The van der Waals surface area contributed by atoms with Crippen LogP contribution in [0.4, 0.5) is 5.69 Å². The number of nitrogens with one attached hydrogen (secondary N) is 2. The number of anilines is 1. The van der Waals surface area contributed by atoms with E-state index in [0.717, 1.165) is 5.82 Å². The molecule has 2 aromatic heterocycles. The number of hydrogen-bond acceptors (Lipinski definition) is 5. The predicted molar refractivity (Wildman–Crippen MR) is 66.4 cm³/mol. The Bertz CT molecular complexity index is 533. The lowest BCUT2D eigenvalue weighted by molar-refractivity contribution is 0.0944. The zero-order chi connectivity index (χ0) is 13.0. The first-order valence-corrected chi connectivity index (χ1v) is 5.38. The Kier molecular flexibility index (Phi) is 3.54. The number of nitrogens with two attached hydrogens (primary N) is 1. The maximum atomic E-state index is 11.8. The fourth-order valence-electron chi connectivity index (χ4n) is 1.43. The first kappa shape index (κ1) is 12.1. The molecule has 0 aliphatic rings. The van der Waals surface area contributed by atoms with Gasteiger partial charge in [0.25, 0.3) is 5.91 Å². The molecule has 0 aliphatic carbocycles. The van der Waals surface area contributed by atoms with Crippen LogP contribution in [0.1, 0.15) is 16.3 Å². The van der Waals surface area contributed by atoms with Crippen LogP contribution >= 0.6 is 0 Å². The summed E-state index contributed by atoms with van der Waals surface area (Å²) in [6.45, 7) is 0.362. The van der Waals surface area contributed by atoms with Gasteiger partial charge in [-0.2, -0.15) is 0 Å². The highest BCUT2D eigenvalue weighted by Crippen LogP contribution is 2.04. The Morgan fingerprint density at radius 3 is 2.83 bits per heavy atom. The number of hydrazine groups is 1. The highest BCUT2D eigenvalue weighted by molar-refractivity contribution is 5.92. The van der Waals surface area contributed by atoms with Gasteiger partial charge in [0.05, 0.1) is 18.4 Å². The van der Waals surface area contributed by atoms with E-state index in [1.54, 1.807) is 18.3 Å². The number of hydrogen-bond donors (Lipinski definition) is 3. The average Bonchev–Trinajstić information content (AvgIpc) is 2.81. The molecule has 94 valence electrons. The van der Waals surface area contributed by atoms with Crippen molar-refractivity contribution in [2.24, 2.45) is 12.9 Å². The molecule has 4 N–H and O–H groups in total. The zero-order valence-corrected chi connectivity index (χ0v) is 9.92. The number of pyridine rings is 1. The molecule has 0 saturated carbocycles. The molecule has 0 radical (unpaired) electrons. The second-order valence-electron chi connectivity index (χ2n) is 3.71. The fraction of sp³-hybridized carbons (Fsp3) is 0.182. The summed E-state index contributed by atoms with van der Waals surface area (Å²) in [7, 11) is 1.87. The summed E-state index contributed by atoms with van der Waals surface area (Å²) >= 11 is 0. The predicted octanol–water partition coefficient (Wildman–Crippen LogP) is 0.0307. The summed E-state index contributed by atoms with van der Waals surface area (Å²) in [6, 6.07) is 3.28. The van der Waals surface area contributed by atoms with E-state index in [9.17, 15) is 4.79 Å². The second-order valence-corrected chi connectivity index (χ2v) is 3.71. The van der Waals surface area contributed by atoms with E-state index in [4.69, 9.17) is 5.84 Å². The third-order valence-electron chi connectivity index (χ3n) is 2.49. The number of carbonyl (C=O) groups excluding carboxylic acids is 1. The summed E-state index contributed by atoms with van der Waals surface area (Å²) in [4.78, 5) is 19.9. The van der Waals surface area contributed by atoms with Crippen LogP contribution in [0.3, 0.4) is 0 Å². The zero-order valence-electron chi connectivity index (χ0n) is 9.92. The first-order valence-electron chi connectivity index (χ1n) is 5.38. The molecule has 0 atom stereocenters. The molecular weight excluding hydrogens is 232 g/mol. The lowest BCUT2D eigenvalue weighted by Crippen LogP contribution is -2.25. The summed E-state index contributed by atoms with van der Waals surface area (Å²) in [5, 5.41) is 2.74. The summed E-state index contributed by atoms with van der Waals surface area (Å²) in [6.07, 6.45) is 5.00. The van der Waals surface area contributed by atoms with Gasteiger partial charge in [0, 0.05) is 19.4 Å². The van der Waals surface area contributed by atoms with E-state index in [1.807, 2.05) is 17.8 Å². The van der Waals surface area contributed by atoms with Crippen molar-refractivity contribution in [1.82, 2.24) is 19.9 Å². The van der Waals surface area contributed by atoms with E-state index >= 15 is 0 Å². The van der Waals surface area contributed by atoms with Crippen molar-refractivity contribution in [3.8, 4) is 0 Å². The quantitative estimate of drug-likeness (QED) is 0.522. The second kappa shape index (κ2) is 5.28. The molecule has 7 heteroatoms. The van der Waals surface area contributed by atoms with Crippen molar-refractivity contribution in [3.63, 3.8) is 0 Å². The van der Waals surface area contributed by atoms with Crippen LogP contribution in [0.2, 0.25) is 0 Å². The van der Waals surface area contributed by atoms with Gasteiger partial charge in [0.2, 0.25) is 0 Å². The summed E-state index contributed by atoms with van der Waals surface area (Å²) in [5.74, 6) is 5.75. The molecule has 1 amide bonds. The van der Waals surface area contributed by atoms with Crippen molar-refractivity contribution in [1.29, 1.82) is 0 Å². The minimum absolute atomic E-state index is 0.249. The third kappa shape index (κ3) is 2.64. The van der Waals surface area contributed by atoms with Crippen molar-refractivity contribution in [3.05, 3.63) is 42.2 Å². The maximum absolute atomic E-state index is 11.8. The average molecular weight is 246 g/mol. The molecule has 18 heavy (non-hydrogen) atoms. The maximum Gasteiger partial charge on any atom is 0.270 e. The number of aryl methyl sites for hydroxylation is 1. The number of carbonyl (C=O) groups is 1. The van der Waals surface area contributed by atoms with E-state index in [2.05, 4.69) is 20.7 Å². The fourth-order valence-corrected chi connectivity index (χ4v) is 1.43. The summed E-state index contributed by atoms with van der Waals surface area (Å²) < 4.78 is 1.84. The van der Waals surface area contributed by atoms with Gasteiger partial charge in [-0.25, -0.2) is 9.97 Å². The molecular formula is C11H14N6O. The number of aromatic nitrogens is 3. The van der Waals surface area contributed by atoms with E-state index in [0.29, 0.717) is 17.9 Å². The Hall–Kier alpha value is -2.41. The molecule has 2 rings (SSSR count). The monoisotopic (exact) mass is 246 g/mol. The van der Waals surface area contributed by atoms with Crippen molar-refractivity contribution in [2.75, 3.05) is 5.43 Å². The van der Waals surface area contributed by atoms with Crippen molar-refractivity contribution >= 4 is 11.6 Å². The van der Waals surface area contributed by atoms with Crippen LogP contribution in [0.15, 0.2) is 30.7 Å². The molecule has 2 heterocycles. The molecule has 0 aliphatic heterocycles. The third-order valence-corrected chi connectivity index (χ3v) is 2.49. The normalized spacial score (nSPS) is 10.1. The van der Waals surface area contributed by atoms with Gasteiger partial charge >= 0.3 is 0 Å². The topological polar surface area (TPSA) is 97.9 Å². The van der Waals surface area contributed by atoms with E-state index < -0.39 is 0 Å². The molecule has 0 fully saturated rings. The van der Waals surface area contributed by atoms with Gasteiger partial charge in [0.1, 0.15) is 11.5 Å². The molecule has 0 saturated heterocycles. The highest BCUT2D eigenvalue weighted by Gasteiger charge is 2.08. The van der Waals surface area contributed by atoms with Gasteiger partial charge in [0.15, 0.2) is 0 Å². The van der Waals surface area contributed by atoms with Crippen molar-refractivity contribution in [2.45, 2.75) is 6.54 Å². The van der Waals surface area contributed by atoms with Gasteiger partial charge in [-0.05, 0) is 12.1 Å². The van der Waals surface area contributed by atoms with Crippen LogP contribution in [-0.2, 0) is 13.6 Å². The largest absolute Gasteiger partial charge is 0.343 e. The van der Waals surface area contributed by atoms with E-state index in [1.165, 1.54) is 6.20 Å². The first-order chi connectivity index (χ1) is 8.70. The van der Waals surface area contributed by atoms with Gasteiger partial charge in [-0.3, -0.25) is 10.6 Å². The van der Waals surface area contributed by atoms with Crippen LogP contribution in [0.25, 0.3) is 0 Å². The van der Waals surface area contributed by atoms with Crippen LogP contribution in [0.5, 0.6) is 0 Å². The van der Waals surface area contributed by atoms with Crippen LogP contribution < -0.4 is 16.6 Å².